The number of carbonyl (C=O) groups excluding carboxylic acids is 1. The monoisotopic (exact) mass is 459 g/mol. The minimum Gasteiger partial charge on any atom is -0.493 e. The first-order valence-electron chi connectivity index (χ1n) is 12.4. The lowest BCUT2D eigenvalue weighted by atomic mass is 9.54. The van der Waals surface area contributed by atoms with Crippen LogP contribution in [-0.2, 0) is 26.0 Å². The minimum absolute atomic E-state index is 0.0211. The third-order valence-electron chi connectivity index (χ3n) is 8.76. The van der Waals surface area contributed by atoms with Crippen LogP contribution in [-0.4, -0.2) is 62.9 Å². The van der Waals surface area contributed by atoms with Crippen molar-refractivity contribution in [1.29, 1.82) is 0 Å². The molecule has 2 saturated heterocycles. The van der Waals surface area contributed by atoms with Gasteiger partial charge in [-0.3, -0.25) is 0 Å². The van der Waals surface area contributed by atoms with Crippen LogP contribution in [0.5, 0.6) is 11.5 Å². The van der Waals surface area contributed by atoms with Gasteiger partial charge in [0, 0.05) is 30.0 Å². The van der Waals surface area contributed by atoms with Crippen molar-refractivity contribution in [3.63, 3.8) is 0 Å². The van der Waals surface area contributed by atoms with Gasteiger partial charge in [0.25, 0.3) is 0 Å². The zero-order chi connectivity index (χ0) is 23.4. The van der Waals surface area contributed by atoms with Crippen molar-refractivity contribution in [2.45, 2.75) is 76.2 Å². The van der Waals surface area contributed by atoms with Gasteiger partial charge in [0.1, 0.15) is 0 Å². The SMILES string of the molecule is CCC(C)Cc1ccc2c(c1OC)OC1C3(CCC4C(C)N(C(=O)OC)CCC241)OCCO3. The van der Waals surface area contributed by atoms with E-state index in [4.69, 9.17) is 23.7 Å². The van der Waals surface area contributed by atoms with E-state index < -0.39 is 5.79 Å². The van der Waals surface area contributed by atoms with Crippen LogP contribution in [0.3, 0.4) is 0 Å². The molecule has 0 N–H and O–H groups in total. The second-order valence-electron chi connectivity index (χ2n) is 10.2. The van der Waals surface area contributed by atoms with Crippen LogP contribution >= 0.6 is 0 Å². The topological polar surface area (TPSA) is 66.5 Å². The smallest absolute Gasteiger partial charge is 0.409 e. The molecule has 7 heteroatoms. The first-order chi connectivity index (χ1) is 15.9. The number of amides is 1. The first-order valence-corrected chi connectivity index (χ1v) is 12.4. The lowest BCUT2D eigenvalue weighted by Gasteiger charge is -2.57. The van der Waals surface area contributed by atoms with Gasteiger partial charge in [0.15, 0.2) is 17.6 Å². The molecule has 0 aromatic heterocycles. The largest absolute Gasteiger partial charge is 0.493 e. The fourth-order valence-corrected chi connectivity index (χ4v) is 6.97. The van der Waals surface area contributed by atoms with Gasteiger partial charge in [0.05, 0.1) is 27.4 Å². The number of methoxy groups -OCH3 is 2. The average molecular weight is 460 g/mol. The zero-order valence-electron chi connectivity index (χ0n) is 20.5. The Balaban J connectivity index is 1.63. The number of ether oxygens (including phenoxy) is 5. The van der Waals surface area contributed by atoms with Crippen molar-refractivity contribution in [3.8, 4) is 11.5 Å². The molecule has 5 unspecified atom stereocenters. The van der Waals surface area contributed by atoms with Crippen LogP contribution in [0.2, 0.25) is 0 Å². The van der Waals surface area contributed by atoms with E-state index in [-0.39, 0.29) is 29.6 Å². The Hall–Kier alpha value is -1.99. The Bertz CT molecular complexity index is 912. The maximum atomic E-state index is 12.5. The van der Waals surface area contributed by atoms with Gasteiger partial charge in [-0.15, -0.1) is 0 Å². The summed E-state index contributed by atoms with van der Waals surface area (Å²) in [6, 6.07) is 4.49. The standard InChI is InChI=1S/C26H37NO6/c1-6-16(2)15-18-7-8-20-22(21(18)29-4)33-23-25(20)11-12-27(24(28)30-5)17(3)19(25)9-10-26(23)31-13-14-32-26/h7-8,16-17,19,23H,6,9-15H2,1-5H3. The van der Waals surface area contributed by atoms with Crippen LogP contribution in [0.1, 0.15) is 57.6 Å². The molecule has 1 aliphatic carbocycles. The highest BCUT2D eigenvalue weighted by Gasteiger charge is 2.69. The molecule has 5 atom stereocenters. The summed E-state index contributed by atoms with van der Waals surface area (Å²) < 4.78 is 30.5. The van der Waals surface area contributed by atoms with Crippen LogP contribution in [0.4, 0.5) is 4.79 Å². The third-order valence-corrected chi connectivity index (χ3v) is 8.76. The molecule has 1 aromatic rings. The summed E-state index contributed by atoms with van der Waals surface area (Å²) in [6.07, 6.45) is 3.95. The van der Waals surface area contributed by atoms with Gasteiger partial charge in [-0.1, -0.05) is 32.4 Å². The molecular formula is C26H37NO6. The van der Waals surface area contributed by atoms with E-state index in [1.54, 1.807) is 7.11 Å². The Kier molecular flexibility index (Phi) is 5.76. The van der Waals surface area contributed by atoms with E-state index in [0.29, 0.717) is 25.7 Å². The van der Waals surface area contributed by atoms with Crippen LogP contribution in [0.25, 0.3) is 0 Å². The molecule has 182 valence electrons. The molecule has 4 aliphatic rings. The fourth-order valence-electron chi connectivity index (χ4n) is 6.97. The van der Waals surface area contributed by atoms with E-state index >= 15 is 0 Å². The molecule has 2 spiro atoms. The van der Waals surface area contributed by atoms with Crippen molar-refractivity contribution in [1.82, 2.24) is 4.90 Å². The van der Waals surface area contributed by atoms with E-state index in [2.05, 4.69) is 32.9 Å². The molecule has 33 heavy (non-hydrogen) atoms. The molecule has 0 radical (unpaired) electrons. The number of hydrogen-bond donors (Lipinski definition) is 0. The first kappa shape index (κ1) is 22.8. The highest BCUT2D eigenvalue weighted by molar-refractivity contribution is 5.69. The molecule has 1 saturated carbocycles. The predicted molar refractivity (Wildman–Crippen MR) is 123 cm³/mol. The summed E-state index contributed by atoms with van der Waals surface area (Å²) in [6.45, 7) is 8.39. The van der Waals surface area contributed by atoms with Crippen molar-refractivity contribution in [3.05, 3.63) is 23.3 Å². The molecule has 3 heterocycles. The van der Waals surface area contributed by atoms with Gasteiger partial charge in [0.2, 0.25) is 5.79 Å². The Morgan fingerprint density at radius 1 is 1.24 bits per heavy atom. The van der Waals surface area contributed by atoms with Gasteiger partial charge in [-0.05, 0) is 43.6 Å². The van der Waals surface area contributed by atoms with Gasteiger partial charge in [-0.25, -0.2) is 4.79 Å². The Labute approximate surface area is 196 Å². The van der Waals surface area contributed by atoms with Gasteiger partial charge >= 0.3 is 6.09 Å². The van der Waals surface area contributed by atoms with Crippen molar-refractivity contribution in [2.24, 2.45) is 11.8 Å². The highest BCUT2D eigenvalue weighted by atomic mass is 16.8. The molecule has 1 amide bonds. The number of nitrogens with zero attached hydrogens (tertiary/aromatic N) is 1. The summed E-state index contributed by atoms with van der Waals surface area (Å²) in [5.41, 5.74) is 2.06. The minimum atomic E-state index is -0.745. The van der Waals surface area contributed by atoms with Crippen LogP contribution in [0, 0.1) is 11.8 Å². The summed E-state index contributed by atoms with van der Waals surface area (Å²) in [5, 5.41) is 0. The molecule has 3 aliphatic heterocycles. The molecule has 7 nitrogen and oxygen atoms in total. The lowest BCUT2D eigenvalue weighted by Crippen LogP contribution is -2.68. The second kappa shape index (κ2) is 8.35. The normalized spacial score (nSPS) is 32.5. The van der Waals surface area contributed by atoms with E-state index in [0.717, 1.165) is 43.6 Å². The van der Waals surface area contributed by atoms with Gasteiger partial charge in [-0.2, -0.15) is 0 Å². The molecule has 1 aromatic carbocycles. The summed E-state index contributed by atoms with van der Waals surface area (Å²) in [5.74, 6) is 1.70. The second-order valence-corrected chi connectivity index (χ2v) is 10.2. The Morgan fingerprint density at radius 2 is 2.00 bits per heavy atom. The molecular weight excluding hydrogens is 422 g/mol. The Morgan fingerprint density at radius 3 is 2.67 bits per heavy atom. The average Bonchev–Trinajstić information content (AvgIpc) is 3.43. The number of fused-ring (bicyclic) bond motifs is 2. The van der Waals surface area contributed by atoms with Gasteiger partial charge < -0.3 is 28.6 Å². The lowest BCUT2D eigenvalue weighted by molar-refractivity contribution is -0.258. The van der Waals surface area contributed by atoms with Crippen molar-refractivity contribution in [2.75, 3.05) is 34.0 Å². The van der Waals surface area contributed by atoms with Crippen molar-refractivity contribution < 1.29 is 28.5 Å². The third kappa shape index (κ3) is 3.18. The summed E-state index contributed by atoms with van der Waals surface area (Å²) >= 11 is 0. The number of likely N-dealkylation sites (tertiary alicyclic amines) is 1. The summed E-state index contributed by atoms with van der Waals surface area (Å²) in [4.78, 5) is 14.4. The molecule has 3 fully saturated rings. The maximum absolute atomic E-state index is 12.5. The van der Waals surface area contributed by atoms with Crippen LogP contribution in [0.15, 0.2) is 12.1 Å². The van der Waals surface area contributed by atoms with E-state index in [1.807, 2.05) is 4.90 Å². The number of benzene rings is 1. The number of carbonyl (C=O) groups is 1. The van der Waals surface area contributed by atoms with E-state index in [1.165, 1.54) is 18.2 Å². The number of hydrogen-bond acceptors (Lipinski definition) is 6. The highest BCUT2D eigenvalue weighted by Crippen LogP contribution is 2.64. The fraction of sp³-hybridized carbons (Fsp3) is 0.731. The van der Waals surface area contributed by atoms with Crippen molar-refractivity contribution >= 4 is 6.09 Å². The maximum Gasteiger partial charge on any atom is 0.409 e. The zero-order valence-corrected chi connectivity index (χ0v) is 20.5. The number of rotatable bonds is 4. The van der Waals surface area contributed by atoms with Crippen LogP contribution < -0.4 is 9.47 Å². The number of piperidine rings is 1. The van der Waals surface area contributed by atoms with E-state index in [9.17, 15) is 4.79 Å². The summed E-state index contributed by atoms with van der Waals surface area (Å²) in [7, 11) is 3.19. The quantitative estimate of drug-likeness (QED) is 0.669. The predicted octanol–water partition coefficient (Wildman–Crippen LogP) is 4.30. The molecule has 0 bridgehead atoms. The molecule has 5 rings (SSSR count).